The fourth-order valence-corrected chi connectivity index (χ4v) is 2.78. The van der Waals surface area contributed by atoms with Crippen molar-refractivity contribution in [1.29, 1.82) is 0 Å². The summed E-state index contributed by atoms with van der Waals surface area (Å²) in [6, 6.07) is 10.6. The third-order valence-electron chi connectivity index (χ3n) is 2.44. The van der Waals surface area contributed by atoms with Gasteiger partial charge in [-0.1, -0.05) is 49.1 Å². The Bertz CT molecular complexity index is 598. The molecule has 2 aromatic rings. The SMILES string of the molecule is C=Cc1ccc2ccccc2c1P(=O)(O)O. The van der Waals surface area contributed by atoms with Crippen LogP contribution in [0.3, 0.4) is 0 Å². The molecule has 0 aliphatic rings. The Morgan fingerprint density at radius 1 is 1.12 bits per heavy atom. The molecule has 0 fully saturated rings. The van der Waals surface area contributed by atoms with Crippen LogP contribution in [0.4, 0.5) is 0 Å². The van der Waals surface area contributed by atoms with Gasteiger partial charge in [-0.05, 0) is 16.3 Å². The number of fused-ring (bicyclic) bond motifs is 1. The summed E-state index contributed by atoms with van der Waals surface area (Å²) >= 11 is 0. The Hall–Kier alpha value is -1.41. The van der Waals surface area contributed by atoms with Crippen molar-refractivity contribution in [2.45, 2.75) is 0 Å². The summed E-state index contributed by atoms with van der Waals surface area (Å²) < 4.78 is 11.5. The van der Waals surface area contributed by atoms with Crippen molar-refractivity contribution in [1.82, 2.24) is 0 Å². The topological polar surface area (TPSA) is 57.5 Å². The van der Waals surface area contributed by atoms with E-state index in [0.29, 0.717) is 10.9 Å². The molecule has 82 valence electrons. The molecule has 0 unspecified atom stereocenters. The van der Waals surface area contributed by atoms with E-state index in [-0.39, 0.29) is 5.30 Å². The normalized spacial score (nSPS) is 11.6. The van der Waals surface area contributed by atoms with Crippen LogP contribution in [0, 0.1) is 0 Å². The molecule has 0 radical (unpaired) electrons. The third-order valence-corrected chi connectivity index (χ3v) is 3.52. The Morgan fingerprint density at radius 3 is 2.44 bits per heavy atom. The van der Waals surface area contributed by atoms with E-state index in [1.54, 1.807) is 18.2 Å². The molecule has 0 atom stereocenters. The predicted octanol–water partition coefficient (Wildman–Crippen LogP) is 2.29. The smallest absolute Gasteiger partial charge is 0.321 e. The Morgan fingerprint density at radius 2 is 1.81 bits per heavy atom. The standard InChI is InChI=1S/C12H11O3P/c1-2-9-7-8-10-5-3-4-6-11(10)12(9)16(13,14)15/h2-8H,1H2,(H2,13,14,15). The van der Waals surface area contributed by atoms with Crippen molar-refractivity contribution in [2.75, 3.05) is 0 Å². The van der Waals surface area contributed by atoms with Crippen LogP contribution in [0.2, 0.25) is 0 Å². The van der Waals surface area contributed by atoms with Crippen LogP contribution in [0.5, 0.6) is 0 Å². The lowest BCUT2D eigenvalue weighted by atomic mass is 10.1. The molecule has 0 saturated carbocycles. The molecule has 2 N–H and O–H groups in total. The van der Waals surface area contributed by atoms with Gasteiger partial charge in [-0.2, -0.15) is 0 Å². The van der Waals surface area contributed by atoms with Crippen molar-refractivity contribution in [3.63, 3.8) is 0 Å². The minimum absolute atomic E-state index is 0.0561. The highest BCUT2D eigenvalue weighted by atomic mass is 31.2. The minimum atomic E-state index is -4.29. The molecule has 0 aliphatic carbocycles. The number of rotatable bonds is 2. The summed E-state index contributed by atoms with van der Waals surface area (Å²) in [5, 5.41) is 1.44. The van der Waals surface area contributed by atoms with Crippen LogP contribution in [0.15, 0.2) is 43.0 Å². The van der Waals surface area contributed by atoms with Crippen LogP contribution >= 0.6 is 7.60 Å². The molecule has 16 heavy (non-hydrogen) atoms. The van der Waals surface area contributed by atoms with E-state index in [1.807, 2.05) is 18.2 Å². The van der Waals surface area contributed by atoms with E-state index in [1.165, 1.54) is 6.08 Å². The molecule has 0 aromatic heterocycles. The van der Waals surface area contributed by atoms with Crippen molar-refractivity contribution in [2.24, 2.45) is 0 Å². The van der Waals surface area contributed by atoms with E-state index in [9.17, 15) is 14.4 Å². The second kappa shape index (κ2) is 3.87. The molecule has 0 heterocycles. The minimum Gasteiger partial charge on any atom is -0.321 e. The van der Waals surface area contributed by atoms with Gasteiger partial charge in [-0.25, -0.2) is 0 Å². The van der Waals surface area contributed by atoms with Crippen molar-refractivity contribution in [3.05, 3.63) is 48.5 Å². The number of hydrogen-bond acceptors (Lipinski definition) is 1. The van der Waals surface area contributed by atoms with Gasteiger partial charge >= 0.3 is 7.60 Å². The first-order chi connectivity index (χ1) is 7.54. The Balaban J connectivity index is 2.95. The Kier molecular flexibility index (Phi) is 2.68. The fraction of sp³-hybridized carbons (Fsp3) is 0. The maximum atomic E-state index is 11.5. The third kappa shape index (κ3) is 1.81. The number of hydrogen-bond donors (Lipinski definition) is 2. The average Bonchev–Trinajstić information content (AvgIpc) is 2.26. The molecule has 3 nitrogen and oxygen atoms in total. The molecule has 2 rings (SSSR count). The lowest BCUT2D eigenvalue weighted by Gasteiger charge is -2.11. The first-order valence-corrected chi connectivity index (χ1v) is 6.35. The first-order valence-electron chi connectivity index (χ1n) is 4.74. The zero-order valence-electron chi connectivity index (χ0n) is 8.50. The second-order valence-electron chi connectivity index (χ2n) is 3.47. The van der Waals surface area contributed by atoms with Gasteiger partial charge in [-0.3, -0.25) is 4.57 Å². The summed E-state index contributed by atoms with van der Waals surface area (Å²) in [5.74, 6) is 0. The number of benzene rings is 2. The zero-order chi connectivity index (χ0) is 11.8. The monoisotopic (exact) mass is 234 g/mol. The van der Waals surface area contributed by atoms with E-state index in [4.69, 9.17) is 0 Å². The van der Waals surface area contributed by atoms with Gasteiger partial charge in [0.15, 0.2) is 0 Å². The van der Waals surface area contributed by atoms with E-state index >= 15 is 0 Å². The van der Waals surface area contributed by atoms with Gasteiger partial charge in [0.1, 0.15) is 0 Å². The zero-order valence-corrected chi connectivity index (χ0v) is 9.39. The highest BCUT2D eigenvalue weighted by Crippen LogP contribution is 2.38. The fourth-order valence-electron chi connectivity index (χ4n) is 1.76. The summed E-state index contributed by atoms with van der Waals surface area (Å²) in [7, 11) is -4.29. The van der Waals surface area contributed by atoms with Crippen LogP contribution in [0.25, 0.3) is 16.8 Å². The molecule has 0 spiro atoms. The summed E-state index contributed by atoms with van der Waals surface area (Å²) in [4.78, 5) is 18.7. The van der Waals surface area contributed by atoms with Gasteiger partial charge in [0, 0.05) is 0 Å². The van der Waals surface area contributed by atoms with Gasteiger partial charge in [-0.15, -0.1) is 0 Å². The largest absolute Gasteiger partial charge is 0.357 e. The summed E-state index contributed by atoms with van der Waals surface area (Å²) in [5.41, 5.74) is 0.479. The Labute approximate surface area is 93.2 Å². The molecule has 0 aliphatic heterocycles. The van der Waals surface area contributed by atoms with Crippen LogP contribution in [-0.2, 0) is 4.57 Å². The summed E-state index contributed by atoms with van der Waals surface area (Å²) in [6.07, 6.45) is 1.46. The maximum absolute atomic E-state index is 11.5. The highest BCUT2D eigenvalue weighted by molar-refractivity contribution is 7.61. The van der Waals surface area contributed by atoms with Crippen LogP contribution < -0.4 is 5.30 Å². The predicted molar refractivity (Wildman–Crippen MR) is 65.7 cm³/mol. The van der Waals surface area contributed by atoms with Crippen LogP contribution in [0.1, 0.15) is 5.56 Å². The molecule has 0 bridgehead atoms. The second-order valence-corrected chi connectivity index (χ2v) is 5.01. The molecule has 4 heteroatoms. The van der Waals surface area contributed by atoms with E-state index in [0.717, 1.165) is 5.39 Å². The maximum Gasteiger partial charge on any atom is 0.357 e. The molecule has 2 aromatic carbocycles. The van der Waals surface area contributed by atoms with Crippen molar-refractivity contribution in [3.8, 4) is 0 Å². The van der Waals surface area contributed by atoms with Gasteiger partial charge in [0.25, 0.3) is 0 Å². The molecule has 0 saturated heterocycles. The van der Waals surface area contributed by atoms with Gasteiger partial charge < -0.3 is 9.79 Å². The lowest BCUT2D eigenvalue weighted by Crippen LogP contribution is -2.09. The van der Waals surface area contributed by atoms with Gasteiger partial charge in [0.2, 0.25) is 0 Å². The van der Waals surface area contributed by atoms with Crippen LogP contribution in [-0.4, -0.2) is 9.79 Å². The first kappa shape index (κ1) is 11.1. The van der Waals surface area contributed by atoms with E-state index in [2.05, 4.69) is 6.58 Å². The molecular formula is C12H11O3P. The van der Waals surface area contributed by atoms with E-state index < -0.39 is 7.60 Å². The molecular weight excluding hydrogens is 223 g/mol. The molecule has 0 amide bonds. The highest BCUT2D eigenvalue weighted by Gasteiger charge is 2.23. The quantitative estimate of drug-likeness (QED) is 0.784. The van der Waals surface area contributed by atoms with Crippen molar-refractivity contribution >= 4 is 29.7 Å². The lowest BCUT2D eigenvalue weighted by molar-refractivity contribution is 0.387. The van der Waals surface area contributed by atoms with Crippen molar-refractivity contribution < 1.29 is 14.4 Å². The summed E-state index contributed by atoms with van der Waals surface area (Å²) in [6.45, 7) is 3.57. The average molecular weight is 234 g/mol. The van der Waals surface area contributed by atoms with Gasteiger partial charge in [0.05, 0.1) is 5.30 Å².